The van der Waals surface area contributed by atoms with Gasteiger partial charge in [0.05, 0.1) is 6.20 Å². The molecule has 0 aliphatic carbocycles. The number of hydrogen-bond donors (Lipinski definition) is 2. The van der Waals surface area contributed by atoms with Gasteiger partial charge in [0.25, 0.3) is 0 Å². The van der Waals surface area contributed by atoms with Crippen LogP contribution in [0.1, 0.15) is 18.9 Å². The molecule has 14 heavy (non-hydrogen) atoms. The summed E-state index contributed by atoms with van der Waals surface area (Å²) in [7, 11) is 1.76. The van der Waals surface area contributed by atoms with Gasteiger partial charge in [0.2, 0.25) is 5.91 Å². The second-order valence-corrected chi connectivity index (χ2v) is 3.54. The third-order valence-electron chi connectivity index (χ3n) is 1.90. The van der Waals surface area contributed by atoms with Crippen molar-refractivity contribution in [1.29, 1.82) is 0 Å². The first-order valence-corrected chi connectivity index (χ1v) is 4.57. The van der Waals surface area contributed by atoms with Crippen molar-refractivity contribution in [3.8, 4) is 0 Å². The fourth-order valence-corrected chi connectivity index (χ4v) is 1.16. The Morgan fingerprint density at radius 1 is 1.79 bits per heavy atom. The van der Waals surface area contributed by atoms with Crippen LogP contribution in [0, 0.1) is 0 Å². The van der Waals surface area contributed by atoms with E-state index in [0.717, 1.165) is 5.56 Å². The maximum absolute atomic E-state index is 11.5. The molecule has 5 nitrogen and oxygen atoms in total. The largest absolute Gasteiger partial charge is 0.341 e. The highest BCUT2D eigenvalue weighted by Crippen LogP contribution is 2.02. The van der Waals surface area contributed by atoms with Crippen LogP contribution < -0.4 is 5.73 Å². The van der Waals surface area contributed by atoms with Crippen molar-refractivity contribution in [1.82, 2.24) is 15.1 Å². The van der Waals surface area contributed by atoms with Gasteiger partial charge in [-0.2, -0.15) is 5.10 Å². The lowest BCUT2D eigenvalue weighted by atomic mass is 10.2. The van der Waals surface area contributed by atoms with E-state index in [1.807, 2.05) is 6.92 Å². The van der Waals surface area contributed by atoms with E-state index in [2.05, 4.69) is 10.2 Å². The number of carbonyl (C=O) groups excluding carboxylic acids is 1. The quantitative estimate of drug-likeness (QED) is 0.717. The predicted octanol–water partition coefficient (Wildman–Crippen LogP) is 0.105. The standard InChI is InChI=1S/C9H16N4O/c1-7(10)3-9(14)13(2)6-8-4-11-12-5-8/h4-5,7H,3,6,10H2,1-2H3,(H,11,12). The molecule has 1 heterocycles. The average molecular weight is 196 g/mol. The van der Waals surface area contributed by atoms with Crippen LogP contribution in [0.15, 0.2) is 12.4 Å². The molecule has 3 N–H and O–H groups in total. The molecule has 0 aliphatic heterocycles. The second kappa shape index (κ2) is 4.76. The lowest BCUT2D eigenvalue weighted by molar-refractivity contribution is -0.130. The Morgan fingerprint density at radius 3 is 3.00 bits per heavy atom. The molecule has 0 radical (unpaired) electrons. The number of nitrogens with zero attached hydrogens (tertiary/aromatic N) is 2. The molecule has 0 spiro atoms. The summed E-state index contributed by atoms with van der Waals surface area (Å²) in [5.74, 6) is 0.0567. The monoisotopic (exact) mass is 196 g/mol. The molecule has 1 aromatic rings. The van der Waals surface area contributed by atoms with Gasteiger partial charge >= 0.3 is 0 Å². The minimum absolute atomic E-state index is 0.0567. The summed E-state index contributed by atoms with van der Waals surface area (Å²) in [5, 5.41) is 6.51. The van der Waals surface area contributed by atoms with Gasteiger partial charge in [-0.15, -0.1) is 0 Å². The molecule has 1 aromatic heterocycles. The van der Waals surface area contributed by atoms with Crippen LogP contribution in [0.5, 0.6) is 0 Å². The van der Waals surface area contributed by atoms with E-state index in [-0.39, 0.29) is 11.9 Å². The van der Waals surface area contributed by atoms with Crippen LogP contribution in [0.2, 0.25) is 0 Å². The molecular weight excluding hydrogens is 180 g/mol. The van der Waals surface area contributed by atoms with E-state index < -0.39 is 0 Å². The van der Waals surface area contributed by atoms with Crippen LogP contribution in [0.4, 0.5) is 0 Å². The van der Waals surface area contributed by atoms with E-state index in [1.54, 1.807) is 24.3 Å². The topological polar surface area (TPSA) is 75.0 Å². The fraction of sp³-hybridized carbons (Fsp3) is 0.556. The predicted molar refractivity (Wildman–Crippen MR) is 53.3 cm³/mol. The highest BCUT2D eigenvalue weighted by molar-refractivity contribution is 5.76. The van der Waals surface area contributed by atoms with Crippen molar-refractivity contribution in [2.24, 2.45) is 5.73 Å². The average Bonchev–Trinajstić information content (AvgIpc) is 2.55. The summed E-state index contributed by atoms with van der Waals surface area (Å²) in [6.07, 6.45) is 3.86. The number of aromatic nitrogens is 2. The third-order valence-corrected chi connectivity index (χ3v) is 1.90. The number of nitrogens with two attached hydrogens (primary N) is 1. The number of hydrogen-bond acceptors (Lipinski definition) is 3. The fourth-order valence-electron chi connectivity index (χ4n) is 1.16. The van der Waals surface area contributed by atoms with Crippen molar-refractivity contribution >= 4 is 5.91 Å². The first kappa shape index (κ1) is 10.7. The molecule has 0 saturated carbocycles. The molecule has 1 atom stereocenters. The zero-order chi connectivity index (χ0) is 10.6. The summed E-state index contributed by atoms with van der Waals surface area (Å²) in [6.45, 7) is 2.39. The summed E-state index contributed by atoms with van der Waals surface area (Å²) in [6, 6.07) is -0.0886. The Bertz CT molecular complexity index is 281. The number of H-pyrrole nitrogens is 1. The Hall–Kier alpha value is -1.36. The summed E-state index contributed by atoms with van der Waals surface area (Å²) in [5.41, 5.74) is 6.53. The molecule has 1 unspecified atom stereocenters. The van der Waals surface area contributed by atoms with Gasteiger partial charge in [-0.3, -0.25) is 9.89 Å². The van der Waals surface area contributed by atoms with Crippen molar-refractivity contribution in [3.05, 3.63) is 18.0 Å². The normalized spacial score (nSPS) is 12.5. The van der Waals surface area contributed by atoms with E-state index in [9.17, 15) is 4.79 Å². The number of amides is 1. The van der Waals surface area contributed by atoms with E-state index >= 15 is 0 Å². The molecular formula is C9H16N4O. The lowest BCUT2D eigenvalue weighted by Crippen LogP contribution is -2.31. The third kappa shape index (κ3) is 3.18. The molecule has 0 fully saturated rings. The van der Waals surface area contributed by atoms with Gasteiger partial charge in [0.1, 0.15) is 0 Å². The van der Waals surface area contributed by atoms with Gasteiger partial charge in [-0.25, -0.2) is 0 Å². The van der Waals surface area contributed by atoms with Crippen LogP contribution in [0.3, 0.4) is 0 Å². The zero-order valence-electron chi connectivity index (χ0n) is 8.53. The van der Waals surface area contributed by atoms with Gasteiger partial charge in [-0.05, 0) is 6.92 Å². The van der Waals surface area contributed by atoms with Crippen molar-refractivity contribution in [2.45, 2.75) is 25.9 Å². The molecule has 0 bridgehead atoms. The Kier molecular flexibility index (Phi) is 3.64. The molecule has 0 aromatic carbocycles. The van der Waals surface area contributed by atoms with Crippen LogP contribution >= 0.6 is 0 Å². The van der Waals surface area contributed by atoms with Gasteiger partial charge in [-0.1, -0.05) is 0 Å². The van der Waals surface area contributed by atoms with Crippen molar-refractivity contribution < 1.29 is 4.79 Å². The molecule has 1 rings (SSSR count). The van der Waals surface area contributed by atoms with Gasteiger partial charge < -0.3 is 10.6 Å². The number of rotatable bonds is 4. The highest BCUT2D eigenvalue weighted by atomic mass is 16.2. The van der Waals surface area contributed by atoms with E-state index in [4.69, 9.17) is 5.73 Å². The smallest absolute Gasteiger partial charge is 0.224 e. The zero-order valence-corrected chi connectivity index (χ0v) is 8.53. The maximum atomic E-state index is 11.5. The summed E-state index contributed by atoms with van der Waals surface area (Å²) in [4.78, 5) is 13.1. The lowest BCUT2D eigenvalue weighted by Gasteiger charge is -2.17. The SMILES string of the molecule is CC(N)CC(=O)N(C)Cc1cn[nH]c1. The van der Waals surface area contributed by atoms with Gasteiger partial charge in [0.15, 0.2) is 0 Å². The molecule has 0 saturated heterocycles. The first-order chi connectivity index (χ1) is 6.59. The van der Waals surface area contributed by atoms with Crippen LogP contribution in [-0.2, 0) is 11.3 Å². The number of nitrogens with one attached hydrogen (secondary N) is 1. The van der Waals surface area contributed by atoms with Crippen molar-refractivity contribution in [3.63, 3.8) is 0 Å². The van der Waals surface area contributed by atoms with Crippen LogP contribution in [0.25, 0.3) is 0 Å². The van der Waals surface area contributed by atoms with Crippen molar-refractivity contribution in [2.75, 3.05) is 7.05 Å². The Balaban J connectivity index is 2.42. The minimum Gasteiger partial charge on any atom is -0.341 e. The number of aromatic amines is 1. The second-order valence-electron chi connectivity index (χ2n) is 3.54. The van der Waals surface area contributed by atoms with Gasteiger partial charge in [0, 0.05) is 37.8 Å². The molecule has 5 heteroatoms. The Morgan fingerprint density at radius 2 is 2.50 bits per heavy atom. The van der Waals surface area contributed by atoms with E-state index in [1.165, 1.54) is 0 Å². The molecule has 1 amide bonds. The first-order valence-electron chi connectivity index (χ1n) is 4.57. The molecule has 78 valence electrons. The number of carbonyl (C=O) groups is 1. The summed E-state index contributed by atoms with van der Waals surface area (Å²) >= 11 is 0. The minimum atomic E-state index is -0.0886. The maximum Gasteiger partial charge on any atom is 0.224 e. The molecule has 0 aliphatic rings. The summed E-state index contributed by atoms with van der Waals surface area (Å²) < 4.78 is 0. The van der Waals surface area contributed by atoms with E-state index in [0.29, 0.717) is 13.0 Å². The van der Waals surface area contributed by atoms with Crippen LogP contribution in [-0.4, -0.2) is 34.1 Å². The highest BCUT2D eigenvalue weighted by Gasteiger charge is 2.11. The Labute approximate surface area is 83.3 Å².